The van der Waals surface area contributed by atoms with Crippen molar-refractivity contribution in [2.45, 2.75) is 73.7 Å². The number of methoxy groups -OCH3 is 2. The van der Waals surface area contributed by atoms with Crippen molar-refractivity contribution in [3.8, 4) is 11.5 Å². The lowest BCUT2D eigenvalue weighted by atomic mass is 9.80. The monoisotopic (exact) mass is 868 g/mol. The molecule has 4 aromatic carbocycles. The molecule has 3 aliphatic rings. The predicted octanol–water partition coefficient (Wildman–Crippen LogP) is 6.85. The topological polar surface area (TPSA) is 157 Å². The molecule has 1 amide bonds. The minimum atomic E-state index is -3.63. The number of amides is 1. The van der Waals surface area contributed by atoms with E-state index in [1.54, 1.807) is 56.8 Å². The number of sulfone groups is 1. The third-order valence-electron chi connectivity index (χ3n) is 11.4. The molecule has 16 heteroatoms. The average molecular weight is 869 g/mol. The average Bonchev–Trinajstić information content (AvgIpc) is 3.89. The first-order valence-corrected chi connectivity index (χ1v) is 23.0. The first-order valence-electron chi connectivity index (χ1n) is 20.3. The molecular weight excluding hydrogens is 820 g/mol. The second-order valence-corrected chi connectivity index (χ2v) is 18.6. The van der Waals surface area contributed by atoms with E-state index in [4.69, 9.17) is 28.0 Å². The number of ether oxygens (including phenoxy) is 4. The van der Waals surface area contributed by atoms with Gasteiger partial charge in [-0.1, -0.05) is 72.8 Å². The molecule has 0 radical (unpaired) electrons. The number of aromatic nitrogens is 2. The molecule has 1 N–H and O–H groups in total. The number of hydrogen-bond acceptors (Lipinski definition) is 12. The smallest absolute Gasteiger partial charge is 0.351 e. The van der Waals surface area contributed by atoms with Crippen LogP contribution >= 0.6 is 8.53 Å². The quantitative estimate of drug-likeness (QED) is 0.0864. The van der Waals surface area contributed by atoms with Crippen LogP contribution in [0.5, 0.6) is 11.5 Å². The van der Waals surface area contributed by atoms with Crippen molar-refractivity contribution in [1.29, 1.82) is 0 Å². The number of carbonyl (C=O) groups excluding carboxylic acids is 1. The second kappa shape index (κ2) is 18.5. The van der Waals surface area contributed by atoms with Gasteiger partial charge in [0.2, 0.25) is 5.91 Å². The molecule has 1 aromatic heterocycles. The Labute approximate surface area is 356 Å². The van der Waals surface area contributed by atoms with Gasteiger partial charge in [0, 0.05) is 25.7 Å². The van der Waals surface area contributed by atoms with Crippen LogP contribution in [0, 0.1) is 0 Å². The Morgan fingerprint density at radius 3 is 2.07 bits per heavy atom. The van der Waals surface area contributed by atoms with Crippen molar-refractivity contribution < 1.29 is 41.2 Å². The molecule has 8 rings (SSSR count). The van der Waals surface area contributed by atoms with Crippen molar-refractivity contribution in [2.75, 3.05) is 38.4 Å². The van der Waals surface area contributed by atoms with Crippen molar-refractivity contribution in [1.82, 2.24) is 14.2 Å². The summed E-state index contributed by atoms with van der Waals surface area (Å²) in [7, 11) is -2.07. The van der Waals surface area contributed by atoms with Gasteiger partial charge >= 0.3 is 5.69 Å². The molecule has 4 heterocycles. The summed E-state index contributed by atoms with van der Waals surface area (Å²) < 4.78 is 69.4. The van der Waals surface area contributed by atoms with E-state index in [1.807, 2.05) is 78.9 Å². The summed E-state index contributed by atoms with van der Waals surface area (Å²) in [4.78, 5) is 29.5. The lowest BCUT2D eigenvalue weighted by molar-refractivity contribution is -0.174. The Kier molecular flexibility index (Phi) is 13.0. The first kappa shape index (κ1) is 42.7. The summed E-state index contributed by atoms with van der Waals surface area (Å²) in [6.45, 7) is 2.06. The summed E-state index contributed by atoms with van der Waals surface area (Å²) >= 11 is 0. The largest absolute Gasteiger partial charge is 0.497 e. The molecule has 0 aliphatic carbocycles. The molecule has 320 valence electrons. The summed E-state index contributed by atoms with van der Waals surface area (Å²) in [5, 5.41) is 2.56. The van der Waals surface area contributed by atoms with Crippen LogP contribution in [-0.2, 0) is 38.8 Å². The highest BCUT2D eigenvalue weighted by molar-refractivity contribution is 7.91. The Morgan fingerprint density at radius 1 is 0.836 bits per heavy atom. The van der Waals surface area contributed by atoms with Crippen molar-refractivity contribution in [2.24, 2.45) is 0 Å². The van der Waals surface area contributed by atoms with Gasteiger partial charge in [-0.05, 0) is 84.8 Å². The van der Waals surface area contributed by atoms with Gasteiger partial charge in [-0.3, -0.25) is 9.36 Å². The highest BCUT2D eigenvalue weighted by Crippen LogP contribution is 2.58. The van der Waals surface area contributed by atoms with Crippen molar-refractivity contribution in [3.05, 3.63) is 149 Å². The highest BCUT2D eigenvalue weighted by atomic mass is 32.2. The fourth-order valence-corrected chi connectivity index (χ4v) is 12.0. The molecule has 0 unspecified atom stereocenters. The number of fused-ring (bicyclic) bond motifs is 1. The Hall–Kier alpha value is -4.99. The number of anilines is 1. The molecule has 3 aliphatic heterocycles. The van der Waals surface area contributed by atoms with Gasteiger partial charge in [-0.2, -0.15) is 4.98 Å². The highest BCUT2D eigenvalue weighted by Gasteiger charge is 2.50. The molecule has 0 bridgehead atoms. The summed E-state index contributed by atoms with van der Waals surface area (Å²) in [6.07, 6.45) is 1.45. The van der Waals surface area contributed by atoms with Crippen molar-refractivity contribution >= 4 is 30.1 Å². The first-order chi connectivity index (χ1) is 29.6. The lowest BCUT2D eigenvalue weighted by Crippen LogP contribution is -2.46. The van der Waals surface area contributed by atoms with E-state index in [-0.39, 0.29) is 35.0 Å². The number of rotatable bonds is 15. The van der Waals surface area contributed by atoms with E-state index in [1.165, 1.54) is 11.5 Å². The zero-order chi connectivity index (χ0) is 42.6. The van der Waals surface area contributed by atoms with Crippen LogP contribution in [0.3, 0.4) is 0 Å². The SMILES string of the molecule is COc1ccc(C(OC[C@H]2O[C@@H](n3ccc(NC(C)=O)nc3=O)CC[C@@H]2O[P@]2O[C@H](CS(=O)(=O)c3ccccc3)[C@@H]3CCCN32)(c2ccccc2)c2ccc(OC)cc2)cc1. The Bertz CT molecular complexity index is 2390. The zero-order valence-electron chi connectivity index (χ0n) is 34.2. The van der Waals surface area contributed by atoms with Gasteiger partial charge in [0.05, 0.1) is 43.7 Å². The van der Waals surface area contributed by atoms with Crippen LogP contribution in [0.1, 0.15) is 55.5 Å². The molecule has 0 spiro atoms. The standard InChI is InChI=1S/C45H49N4O10PS/c1-31(50)46-42-26-28-48(44(51)47-42)43-25-24-39(58-60-49-27-10-15-38(49)41(59-60)30-61(52,53)37-13-8-5-9-14-37)40(57-43)29-56-45(32-11-6-4-7-12-32,33-16-20-35(54-2)21-17-33)34-18-22-36(55-3)23-19-34/h4-9,11-14,16-23,26,28,38-41,43H,10,15,24-25,27,29-30H2,1-3H3,(H,46,47,50,51)/t38-,39-,40+,41+,43+,60+/m0/s1. The molecular formula is C45H49N4O10PS. The predicted molar refractivity (Wildman–Crippen MR) is 229 cm³/mol. The van der Waals surface area contributed by atoms with Crippen LogP contribution in [0.4, 0.5) is 5.82 Å². The van der Waals surface area contributed by atoms with Gasteiger partial charge in [0.25, 0.3) is 8.53 Å². The number of nitrogens with zero attached hydrogens (tertiary/aromatic N) is 3. The molecule has 3 fully saturated rings. The molecule has 6 atom stereocenters. The van der Waals surface area contributed by atoms with Crippen LogP contribution < -0.4 is 20.5 Å². The lowest BCUT2D eigenvalue weighted by Gasteiger charge is -2.41. The molecule has 61 heavy (non-hydrogen) atoms. The minimum Gasteiger partial charge on any atom is -0.497 e. The molecule has 3 saturated heterocycles. The fraction of sp³-hybridized carbons (Fsp3) is 0.356. The van der Waals surface area contributed by atoms with Gasteiger partial charge < -0.3 is 33.3 Å². The maximum Gasteiger partial charge on any atom is 0.351 e. The zero-order valence-corrected chi connectivity index (χ0v) is 35.9. The summed E-state index contributed by atoms with van der Waals surface area (Å²) in [5.41, 5.74) is 0.751. The normalized spacial score (nSPS) is 23.0. The second-order valence-electron chi connectivity index (χ2n) is 15.2. The third-order valence-corrected chi connectivity index (χ3v) is 14.9. The van der Waals surface area contributed by atoms with E-state index in [0.717, 1.165) is 29.5 Å². The molecule has 0 saturated carbocycles. The Morgan fingerprint density at radius 2 is 1.46 bits per heavy atom. The van der Waals surface area contributed by atoms with Gasteiger partial charge in [0.15, 0.2) is 9.84 Å². The maximum absolute atomic E-state index is 13.6. The maximum atomic E-state index is 13.6. The van der Waals surface area contributed by atoms with Gasteiger partial charge in [-0.15, -0.1) is 0 Å². The third kappa shape index (κ3) is 9.15. The van der Waals surface area contributed by atoms with Crippen LogP contribution in [0.15, 0.2) is 131 Å². The van der Waals surface area contributed by atoms with Crippen LogP contribution in [0.2, 0.25) is 0 Å². The van der Waals surface area contributed by atoms with E-state index >= 15 is 0 Å². The van der Waals surface area contributed by atoms with Crippen molar-refractivity contribution in [3.63, 3.8) is 0 Å². The fourth-order valence-electron chi connectivity index (χ4n) is 8.37. The summed E-state index contributed by atoms with van der Waals surface area (Å²) in [6, 6.07) is 35.3. The van der Waals surface area contributed by atoms with E-state index in [0.29, 0.717) is 30.9 Å². The van der Waals surface area contributed by atoms with E-state index < -0.39 is 54.2 Å². The van der Waals surface area contributed by atoms with E-state index in [9.17, 15) is 18.0 Å². The molecule has 5 aromatic rings. The van der Waals surface area contributed by atoms with Crippen LogP contribution in [-0.4, -0.2) is 86.0 Å². The number of nitrogens with one attached hydrogen (secondary N) is 1. The van der Waals surface area contributed by atoms with Crippen LogP contribution in [0.25, 0.3) is 0 Å². The summed E-state index contributed by atoms with van der Waals surface area (Å²) in [5.74, 6) is 1.00. The van der Waals surface area contributed by atoms with Gasteiger partial charge in [0.1, 0.15) is 35.2 Å². The Balaban J connectivity index is 1.14. The minimum absolute atomic E-state index is 0.00130. The molecule has 14 nitrogen and oxygen atoms in total. The number of hydrogen-bond donors (Lipinski definition) is 1. The van der Waals surface area contributed by atoms with Gasteiger partial charge in [-0.25, -0.2) is 17.9 Å². The van der Waals surface area contributed by atoms with E-state index in [2.05, 4.69) is 15.0 Å². The number of benzene rings is 4. The number of carbonyl (C=O) groups is 1.